The van der Waals surface area contributed by atoms with Crippen LogP contribution in [-0.4, -0.2) is 75.4 Å². The molecule has 0 spiro atoms. The van der Waals surface area contributed by atoms with Crippen LogP contribution in [-0.2, 0) is 11.3 Å². The van der Waals surface area contributed by atoms with E-state index in [9.17, 15) is 0 Å². The van der Waals surface area contributed by atoms with E-state index in [2.05, 4.69) is 63.4 Å². The molecule has 1 atom stereocenters. The SMILES string of the molecule is CCOC(CCNC(=NC)NCc1ccc(N2CCN(C)CC2)nc1)C(C)C.I. The summed E-state index contributed by atoms with van der Waals surface area (Å²) in [5, 5.41) is 6.74. The van der Waals surface area contributed by atoms with Crippen LogP contribution in [0.15, 0.2) is 23.3 Å². The van der Waals surface area contributed by atoms with Gasteiger partial charge >= 0.3 is 0 Å². The lowest BCUT2D eigenvalue weighted by atomic mass is 10.0. The quantitative estimate of drug-likeness (QED) is 0.298. The number of guanidine groups is 1. The number of aliphatic imine (C=N–C) groups is 1. The maximum atomic E-state index is 5.80. The Kier molecular flexibility index (Phi) is 12.5. The van der Waals surface area contributed by atoms with Crippen molar-refractivity contribution in [3.63, 3.8) is 0 Å². The summed E-state index contributed by atoms with van der Waals surface area (Å²) in [5.74, 6) is 2.39. The first-order valence-corrected chi connectivity index (χ1v) is 10.5. The number of aromatic nitrogens is 1. The summed E-state index contributed by atoms with van der Waals surface area (Å²) in [5.41, 5.74) is 1.15. The number of pyridine rings is 1. The molecule has 0 radical (unpaired) electrons. The standard InChI is InChI=1S/C21H38N6O.HI/c1-6-28-19(17(2)3)9-10-23-21(22-4)25-16-18-7-8-20(24-15-18)27-13-11-26(5)12-14-27;/h7-8,15,17,19H,6,9-14,16H2,1-5H3,(H2,22,23,25);1H. The molecule has 166 valence electrons. The Morgan fingerprint density at radius 2 is 1.93 bits per heavy atom. The van der Waals surface area contributed by atoms with Crippen LogP contribution >= 0.6 is 24.0 Å². The minimum atomic E-state index is 0. The average Bonchev–Trinajstić information content (AvgIpc) is 2.70. The molecule has 0 saturated carbocycles. The first kappa shape index (κ1) is 25.9. The summed E-state index contributed by atoms with van der Waals surface area (Å²) >= 11 is 0. The molecule has 1 aromatic heterocycles. The zero-order valence-electron chi connectivity index (χ0n) is 18.6. The van der Waals surface area contributed by atoms with Gasteiger partial charge < -0.3 is 25.2 Å². The fourth-order valence-electron chi connectivity index (χ4n) is 3.31. The molecular weight excluding hydrogens is 479 g/mol. The Morgan fingerprint density at radius 1 is 1.21 bits per heavy atom. The molecule has 1 aromatic rings. The predicted octanol–water partition coefficient (Wildman–Crippen LogP) is 2.57. The lowest BCUT2D eigenvalue weighted by molar-refractivity contribution is 0.0258. The molecule has 8 heteroatoms. The number of rotatable bonds is 9. The van der Waals surface area contributed by atoms with Crippen LogP contribution < -0.4 is 15.5 Å². The normalized spacial score (nSPS) is 16.5. The maximum Gasteiger partial charge on any atom is 0.191 e. The molecule has 29 heavy (non-hydrogen) atoms. The van der Waals surface area contributed by atoms with Crippen LogP contribution in [0.3, 0.4) is 0 Å². The fourth-order valence-corrected chi connectivity index (χ4v) is 3.31. The van der Waals surface area contributed by atoms with Crippen molar-refractivity contribution in [2.45, 2.75) is 39.8 Å². The zero-order valence-corrected chi connectivity index (χ0v) is 21.0. The van der Waals surface area contributed by atoms with E-state index in [1.54, 1.807) is 7.05 Å². The summed E-state index contributed by atoms with van der Waals surface area (Å²) < 4.78 is 5.80. The lowest BCUT2D eigenvalue weighted by Gasteiger charge is -2.33. The molecule has 2 rings (SSSR count). The minimum Gasteiger partial charge on any atom is -0.378 e. The summed E-state index contributed by atoms with van der Waals surface area (Å²) in [6, 6.07) is 4.26. The van der Waals surface area contributed by atoms with Gasteiger partial charge in [-0.25, -0.2) is 4.98 Å². The Bertz CT molecular complexity index is 587. The number of hydrogen-bond donors (Lipinski definition) is 2. The second-order valence-electron chi connectivity index (χ2n) is 7.69. The van der Waals surface area contributed by atoms with E-state index >= 15 is 0 Å². The van der Waals surface area contributed by atoms with Gasteiger partial charge in [-0.05, 0) is 37.9 Å². The number of nitrogens with zero attached hydrogens (tertiary/aromatic N) is 4. The maximum absolute atomic E-state index is 5.80. The van der Waals surface area contributed by atoms with Crippen molar-refractivity contribution < 1.29 is 4.74 Å². The van der Waals surface area contributed by atoms with Gasteiger partial charge in [-0.1, -0.05) is 19.9 Å². The Labute approximate surface area is 193 Å². The fraction of sp³-hybridized carbons (Fsp3) is 0.714. The third kappa shape index (κ3) is 9.04. The first-order chi connectivity index (χ1) is 13.5. The number of likely N-dealkylation sites (N-methyl/N-ethyl adjacent to an activating group) is 1. The van der Waals surface area contributed by atoms with Gasteiger partial charge in [0.1, 0.15) is 5.82 Å². The number of nitrogens with one attached hydrogen (secondary N) is 2. The third-order valence-electron chi connectivity index (χ3n) is 5.17. The van der Waals surface area contributed by atoms with Gasteiger partial charge in [-0.15, -0.1) is 24.0 Å². The van der Waals surface area contributed by atoms with Gasteiger partial charge in [-0.3, -0.25) is 4.99 Å². The van der Waals surface area contributed by atoms with E-state index in [1.807, 2.05) is 13.1 Å². The van der Waals surface area contributed by atoms with E-state index in [0.29, 0.717) is 12.5 Å². The zero-order chi connectivity index (χ0) is 20.4. The topological polar surface area (TPSA) is 65.0 Å². The van der Waals surface area contributed by atoms with Crippen molar-refractivity contribution in [1.29, 1.82) is 0 Å². The predicted molar refractivity (Wildman–Crippen MR) is 132 cm³/mol. The molecule has 0 bridgehead atoms. The van der Waals surface area contributed by atoms with Crippen molar-refractivity contribution >= 4 is 35.8 Å². The van der Waals surface area contributed by atoms with Crippen LogP contribution in [0.4, 0.5) is 5.82 Å². The second-order valence-corrected chi connectivity index (χ2v) is 7.69. The molecule has 0 aromatic carbocycles. The van der Waals surface area contributed by atoms with Crippen LogP contribution in [0, 0.1) is 5.92 Å². The molecule has 1 aliphatic rings. The van der Waals surface area contributed by atoms with Gasteiger partial charge in [0.25, 0.3) is 0 Å². The molecule has 1 aliphatic heterocycles. The molecule has 0 amide bonds. The summed E-state index contributed by atoms with van der Waals surface area (Å²) in [6.07, 6.45) is 3.20. The Morgan fingerprint density at radius 3 is 2.48 bits per heavy atom. The number of halogens is 1. The monoisotopic (exact) mass is 518 g/mol. The molecule has 0 aliphatic carbocycles. The smallest absolute Gasteiger partial charge is 0.191 e. The van der Waals surface area contributed by atoms with E-state index in [0.717, 1.165) is 63.1 Å². The highest BCUT2D eigenvalue weighted by Crippen LogP contribution is 2.13. The Balaban J connectivity index is 0.00000420. The van der Waals surface area contributed by atoms with E-state index < -0.39 is 0 Å². The lowest BCUT2D eigenvalue weighted by Crippen LogP contribution is -2.44. The summed E-state index contributed by atoms with van der Waals surface area (Å²) in [7, 11) is 3.97. The second kappa shape index (κ2) is 14.0. The largest absolute Gasteiger partial charge is 0.378 e. The number of hydrogen-bond acceptors (Lipinski definition) is 5. The first-order valence-electron chi connectivity index (χ1n) is 10.5. The molecule has 1 unspecified atom stereocenters. The summed E-state index contributed by atoms with van der Waals surface area (Å²) in [4.78, 5) is 13.7. The van der Waals surface area contributed by atoms with Gasteiger partial charge in [0.2, 0.25) is 0 Å². The number of ether oxygens (including phenoxy) is 1. The van der Waals surface area contributed by atoms with E-state index in [1.165, 1.54) is 0 Å². The molecule has 2 N–H and O–H groups in total. The van der Waals surface area contributed by atoms with E-state index in [4.69, 9.17) is 4.74 Å². The molecule has 7 nitrogen and oxygen atoms in total. The van der Waals surface area contributed by atoms with Crippen LogP contribution in [0.5, 0.6) is 0 Å². The molecule has 1 fully saturated rings. The van der Waals surface area contributed by atoms with Crippen LogP contribution in [0.1, 0.15) is 32.8 Å². The highest BCUT2D eigenvalue weighted by molar-refractivity contribution is 14.0. The van der Waals surface area contributed by atoms with Crippen molar-refractivity contribution in [3.8, 4) is 0 Å². The van der Waals surface area contributed by atoms with Gasteiger partial charge in [-0.2, -0.15) is 0 Å². The highest BCUT2D eigenvalue weighted by atomic mass is 127. The molecular formula is C21H39IN6O. The van der Waals surface area contributed by atoms with Gasteiger partial charge in [0.05, 0.1) is 6.10 Å². The minimum absolute atomic E-state index is 0. The van der Waals surface area contributed by atoms with Crippen molar-refractivity contribution in [1.82, 2.24) is 20.5 Å². The number of anilines is 1. The molecule has 1 saturated heterocycles. The Hall–Kier alpha value is -1.13. The average molecular weight is 518 g/mol. The highest BCUT2D eigenvalue weighted by Gasteiger charge is 2.15. The van der Waals surface area contributed by atoms with Crippen LogP contribution in [0.2, 0.25) is 0 Å². The number of piperazine rings is 1. The third-order valence-corrected chi connectivity index (χ3v) is 5.17. The molecule has 2 heterocycles. The van der Waals surface area contributed by atoms with Gasteiger partial charge in [0, 0.05) is 59.1 Å². The van der Waals surface area contributed by atoms with Crippen LogP contribution in [0.25, 0.3) is 0 Å². The van der Waals surface area contributed by atoms with Gasteiger partial charge in [0.15, 0.2) is 5.96 Å². The van der Waals surface area contributed by atoms with Crippen molar-refractivity contribution in [2.24, 2.45) is 10.9 Å². The van der Waals surface area contributed by atoms with E-state index in [-0.39, 0.29) is 30.1 Å². The summed E-state index contributed by atoms with van der Waals surface area (Å²) in [6.45, 7) is 13.0. The van der Waals surface area contributed by atoms with Crippen molar-refractivity contribution in [3.05, 3.63) is 23.9 Å². The van der Waals surface area contributed by atoms with Crippen molar-refractivity contribution in [2.75, 3.05) is 58.3 Å².